The summed E-state index contributed by atoms with van der Waals surface area (Å²) in [6.45, 7) is 1.17. The molecule has 0 radical (unpaired) electrons. The van der Waals surface area contributed by atoms with E-state index >= 15 is 0 Å². The van der Waals surface area contributed by atoms with Crippen molar-refractivity contribution in [2.45, 2.75) is 32.1 Å². The first-order valence-electron chi connectivity index (χ1n) is 7.39. The monoisotopic (exact) mass is 311 g/mol. The predicted octanol–water partition coefficient (Wildman–Crippen LogP) is 2.61. The lowest BCUT2D eigenvalue weighted by Crippen LogP contribution is -2.40. The number of hydrogen-bond acceptors (Lipinski definition) is 2. The quantitative estimate of drug-likeness (QED) is 0.909. The second-order valence-electron chi connectivity index (χ2n) is 5.71. The third-order valence-electron chi connectivity index (χ3n) is 3.98. The zero-order valence-corrected chi connectivity index (χ0v) is 12.2. The summed E-state index contributed by atoms with van der Waals surface area (Å²) in [5, 5.41) is 8.72. The molecule has 1 fully saturated rings. The Balaban J connectivity index is 1.91. The van der Waals surface area contributed by atoms with Crippen LogP contribution in [0.25, 0.3) is 0 Å². The molecular formula is C16H19F2NO3. The third kappa shape index (κ3) is 4.51. The van der Waals surface area contributed by atoms with Gasteiger partial charge in [0.05, 0.1) is 6.42 Å². The molecule has 4 nitrogen and oxygen atoms in total. The molecule has 1 amide bonds. The molecule has 1 heterocycles. The Morgan fingerprint density at radius 2 is 2.05 bits per heavy atom. The molecule has 1 unspecified atom stereocenters. The summed E-state index contributed by atoms with van der Waals surface area (Å²) in [6, 6.07) is 3.46. The number of likely N-dealkylation sites (tertiary alicyclic amines) is 1. The van der Waals surface area contributed by atoms with E-state index in [1.165, 1.54) is 6.07 Å². The number of amides is 1. The molecule has 1 atom stereocenters. The second-order valence-corrected chi connectivity index (χ2v) is 5.71. The van der Waals surface area contributed by atoms with Crippen LogP contribution in [0.1, 0.15) is 31.2 Å². The molecule has 120 valence electrons. The first kappa shape index (κ1) is 16.4. The van der Waals surface area contributed by atoms with E-state index in [1.54, 1.807) is 4.90 Å². The predicted molar refractivity (Wildman–Crippen MR) is 76.2 cm³/mol. The molecule has 22 heavy (non-hydrogen) atoms. The van der Waals surface area contributed by atoms with Gasteiger partial charge in [-0.15, -0.1) is 0 Å². The van der Waals surface area contributed by atoms with E-state index in [0.717, 1.165) is 25.0 Å². The number of carboxylic acids is 1. The first-order valence-corrected chi connectivity index (χ1v) is 7.39. The van der Waals surface area contributed by atoms with Crippen molar-refractivity contribution < 1.29 is 23.5 Å². The average molecular weight is 311 g/mol. The Bertz CT molecular complexity index is 562. The van der Waals surface area contributed by atoms with Gasteiger partial charge in [-0.1, -0.05) is 6.07 Å². The van der Waals surface area contributed by atoms with Crippen LogP contribution >= 0.6 is 0 Å². The fourth-order valence-electron chi connectivity index (χ4n) is 2.79. The van der Waals surface area contributed by atoms with E-state index in [4.69, 9.17) is 5.11 Å². The van der Waals surface area contributed by atoms with E-state index < -0.39 is 17.6 Å². The minimum atomic E-state index is -0.955. The molecule has 0 aromatic heterocycles. The van der Waals surface area contributed by atoms with Gasteiger partial charge in [0.15, 0.2) is 11.6 Å². The van der Waals surface area contributed by atoms with Crippen molar-refractivity contribution in [2.24, 2.45) is 5.92 Å². The largest absolute Gasteiger partial charge is 0.481 e. The minimum absolute atomic E-state index is 0.0306. The number of benzene rings is 1. The molecule has 1 aromatic carbocycles. The van der Waals surface area contributed by atoms with Gasteiger partial charge >= 0.3 is 5.97 Å². The Labute approximate surface area is 127 Å². The van der Waals surface area contributed by atoms with Crippen molar-refractivity contribution in [1.82, 2.24) is 4.90 Å². The maximum absolute atomic E-state index is 13.2. The van der Waals surface area contributed by atoms with Crippen LogP contribution in [-0.4, -0.2) is 35.0 Å². The number of nitrogens with zero attached hydrogens (tertiary/aromatic N) is 1. The van der Waals surface area contributed by atoms with Crippen molar-refractivity contribution in [2.75, 3.05) is 13.1 Å². The van der Waals surface area contributed by atoms with E-state index in [9.17, 15) is 18.4 Å². The molecule has 1 aliphatic heterocycles. The lowest BCUT2D eigenvalue weighted by atomic mass is 9.93. The minimum Gasteiger partial charge on any atom is -0.481 e. The third-order valence-corrected chi connectivity index (χ3v) is 3.98. The van der Waals surface area contributed by atoms with Crippen molar-refractivity contribution in [1.29, 1.82) is 0 Å². The van der Waals surface area contributed by atoms with Crippen molar-refractivity contribution in [3.05, 3.63) is 35.4 Å². The van der Waals surface area contributed by atoms with Gasteiger partial charge < -0.3 is 10.0 Å². The van der Waals surface area contributed by atoms with Crippen LogP contribution in [-0.2, 0) is 16.0 Å². The highest BCUT2D eigenvalue weighted by molar-refractivity contribution is 5.78. The van der Waals surface area contributed by atoms with Crippen LogP contribution in [0, 0.1) is 17.6 Å². The highest BCUT2D eigenvalue weighted by Gasteiger charge is 2.24. The number of rotatable bonds is 5. The van der Waals surface area contributed by atoms with Crippen molar-refractivity contribution in [3.63, 3.8) is 0 Å². The van der Waals surface area contributed by atoms with Gasteiger partial charge in [-0.25, -0.2) is 8.78 Å². The maximum atomic E-state index is 13.2. The lowest BCUT2D eigenvalue weighted by Gasteiger charge is -2.32. The Hall–Kier alpha value is -1.98. The number of piperidine rings is 1. The number of carboxylic acid groups (broad SMARTS) is 1. The van der Waals surface area contributed by atoms with Gasteiger partial charge in [0.2, 0.25) is 5.91 Å². The summed E-state index contributed by atoms with van der Waals surface area (Å²) in [4.78, 5) is 24.5. The molecule has 0 bridgehead atoms. The highest BCUT2D eigenvalue weighted by Crippen LogP contribution is 2.22. The zero-order valence-electron chi connectivity index (χ0n) is 12.2. The van der Waals surface area contributed by atoms with Crippen molar-refractivity contribution in [3.8, 4) is 0 Å². The van der Waals surface area contributed by atoms with Crippen LogP contribution in [0.15, 0.2) is 18.2 Å². The van der Waals surface area contributed by atoms with Crippen LogP contribution in [0.4, 0.5) is 8.78 Å². The molecule has 2 rings (SSSR count). The smallest absolute Gasteiger partial charge is 0.303 e. The molecule has 0 spiro atoms. The van der Waals surface area contributed by atoms with Gasteiger partial charge in [-0.2, -0.15) is 0 Å². The number of hydrogen-bond donors (Lipinski definition) is 1. The second kappa shape index (κ2) is 7.33. The number of aliphatic carboxylic acids is 1. The Kier molecular flexibility index (Phi) is 5.46. The molecule has 1 saturated heterocycles. The van der Waals surface area contributed by atoms with Crippen LogP contribution in [0.2, 0.25) is 0 Å². The van der Waals surface area contributed by atoms with Gasteiger partial charge in [-0.3, -0.25) is 9.59 Å². The summed E-state index contributed by atoms with van der Waals surface area (Å²) in [6.07, 6.45) is 2.46. The fraction of sp³-hybridized carbons (Fsp3) is 0.500. The summed E-state index contributed by atoms with van der Waals surface area (Å²) in [5.41, 5.74) is 0.441. The number of carbonyl (C=O) groups excluding carboxylic acids is 1. The van der Waals surface area contributed by atoms with E-state index in [1.807, 2.05) is 0 Å². The molecular weight excluding hydrogens is 292 g/mol. The average Bonchev–Trinajstić information content (AvgIpc) is 2.49. The molecule has 1 aliphatic rings. The zero-order chi connectivity index (χ0) is 16.1. The molecule has 1 aromatic rings. The van der Waals surface area contributed by atoms with Gasteiger partial charge in [0, 0.05) is 19.5 Å². The molecule has 0 saturated carbocycles. The fourth-order valence-corrected chi connectivity index (χ4v) is 2.79. The summed E-state index contributed by atoms with van der Waals surface area (Å²) in [7, 11) is 0. The van der Waals surface area contributed by atoms with Crippen LogP contribution in [0.3, 0.4) is 0 Å². The summed E-state index contributed by atoms with van der Waals surface area (Å²) >= 11 is 0. The molecule has 1 N–H and O–H groups in total. The van der Waals surface area contributed by atoms with Gasteiger partial charge in [0.1, 0.15) is 0 Å². The molecule has 0 aliphatic carbocycles. The van der Waals surface area contributed by atoms with E-state index in [0.29, 0.717) is 25.1 Å². The highest BCUT2D eigenvalue weighted by atomic mass is 19.2. The van der Waals surface area contributed by atoms with Crippen LogP contribution in [0.5, 0.6) is 0 Å². The van der Waals surface area contributed by atoms with E-state index in [2.05, 4.69) is 0 Å². The maximum Gasteiger partial charge on any atom is 0.303 e. The Morgan fingerprint density at radius 1 is 1.27 bits per heavy atom. The summed E-state index contributed by atoms with van der Waals surface area (Å²) < 4.78 is 26.0. The SMILES string of the molecule is O=C(O)CCC1CCCN(C(=O)Cc2ccc(F)c(F)c2)C1. The van der Waals surface area contributed by atoms with Gasteiger partial charge in [0.25, 0.3) is 0 Å². The number of halogens is 2. The van der Waals surface area contributed by atoms with Crippen LogP contribution < -0.4 is 0 Å². The normalized spacial score (nSPS) is 18.3. The Morgan fingerprint density at radius 3 is 2.73 bits per heavy atom. The van der Waals surface area contributed by atoms with E-state index in [-0.39, 0.29) is 24.7 Å². The van der Waals surface area contributed by atoms with Crippen molar-refractivity contribution >= 4 is 11.9 Å². The molecule has 6 heteroatoms. The van der Waals surface area contributed by atoms with Gasteiger partial charge in [-0.05, 0) is 42.9 Å². The topological polar surface area (TPSA) is 57.6 Å². The lowest BCUT2D eigenvalue weighted by molar-refractivity contribution is -0.137. The first-order chi connectivity index (χ1) is 10.5. The summed E-state index contributed by atoms with van der Waals surface area (Å²) in [5.74, 6) is -2.65. The standard InChI is InChI=1S/C16H19F2NO3/c17-13-5-3-12(8-14(13)18)9-15(20)19-7-1-2-11(10-19)4-6-16(21)22/h3,5,8,11H,1-2,4,6-7,9-10H2,(H,21,22). The number of carbonyl (C=O) groups is 2.